The molecular formula is C6H18F2N2. The molecule has 0 spiro atoms. The molecule has 0 aliphatic rings. The first-order chi connectivity index (χ1) is 3.91. The minimum absolute atomic E-state index is 0. The van der Waals surface area contributed by atoms with Crippen molar-refractivity contribution in [1.29, 1.82) is 0 Å². The van der Waals surface area contributed by atoms with Crippen LogP contribution in [0, 0.1) is 0 Å². The number of rotatable bonds is 5. The lowest BCUT2D eigenvalue weighted by Gasteiger charge is -1.91. The van der Waals surface area contributed by atoms with Gasteiger partial charge < -0.3 is 20.9 Å². The Morgan fingerprint density at radius 1 is 0.600 bits per heavy atom. The maximum Gasteiger partial charge on any atom is 0.0739 e. The van der Waals surface area contributed by atoms with E-state index in [2.05, 4.69) is 11.5 Å². The molecule has 0 aliphatic carbocycles. The zero-order valence-electron chi connectivity index (χ0n) is 6.41. The summed E-state index contributed by atoms with van der Waals surface area (Å²) in [7, 11) is 0. The Morgan fingerprint density at radius 3 is 1.10 bits per heavy atom. The minimum Gasteiger partial charge on any atom is -1.00 e. The van der Waals surface area contributed by atoms with Crippen LogP contribution >= 0.6 is 0 Å². The largest absolute Gasteiger partial charge is 1.00 e. The van der Waals surface area contributed by atoms with Crippen molar-refractivity contribution >= 4 is 0 Å². The summed E-state index contributed by atoms with van der Waals surface area (Å²) >= 11 is 0. The lowest BCUT2D eigenvalue weighted by molar-refractivity contribution is -0.371. The number of hydrogen-bond acceptors (Lipinski definition) is 0. The average Bonchev–Trinajstić information content (AvgIpc) is 1.81. The molecule has 0 unspecified atom stereocenters. The van der Waals surface area contributed by atoms with Gasteiger partial charge in [-0.05, 0) is 25.7 Å². The van der Waals surface area contributed by atoms with Gasteiger partial charge in [0.2, 0.25) is 0 Å². The minimum atomic E-state index is 0. The predicted molar refractivity (Wildman–Crippen MR) is 34.0 cm³/mol. The van der Waals surface area contributed by atoms with Crippen LogP contribution in [0.1, 0.15) is 25.7 Å². The van der Waals surface area contributed by atoms with Crippen LogP contribution in [0.4, 0.5) is 0 Å². The molecule has 4 heteroatoms. The van der Waals surface area contributed by atoms with Crippen molar-refractivity contribution < 1.29 is 20.9 Å². The van der Waals surface area contributed by atoms with Crippen LogP contribution in [0.25, 0.3) is 0 Å². The van der Waals surface area contributed by atoms with E-state index >= 15 is 0 Å². The van der Waals surface area contributed by atoms with E-state index in [1.807, 2.05) is 0 Å². The molecule has 0 aromatic carbocycles. The molecule has 0 bridgehead atoms. The van der Waals surface area contributed by atoms with Crippen molar-refractivity contribution in [2.75, 3.05) is 13.1 Å². The molecule has 66 valence electrons. The summed E-state index contributed by atoms with van der Waals surface area (Å²) in [4.78, 5) is 0. The second-order valence-electron chi connectivity index (χ2n) is 2.12. The van der Waals surface area contributed by atoms with Crippen LogP contribution in [0.15, 0.2) is 0 Å². The van der Waals surface area contributed by atoms with Crippen molar-refractivity contribution in [2.45, 2.75) is 25.7 Å². The highest BCUT2D eigenvalue weighted by Gasteiger charge is 1.86. The number of quaternary nitrogens is 2. The quantitative estimate of drug-likeness (QED) is 0.372. The van der Waals surface area contributed by atoms with Crippen molar-refractivity contribution in [3.63, 3.8) is 0 Å². The van der Waals surface area contributed by atoms with E-state index in [1.54, 1.807) is 0 Å². The van der Waals surface area contributed by atoms with Crippen LogP contribution in [-0.4, -0.2) is 13.1 Å². The molecule has 6 N–H and O–H groups in total. The Kier molecular flexibility index (Phi) is 26.1. The highest BCUT2D eigenvalue weighted by atomic mass is 19.0. The highest BCUT2D eigenvalue weighted by molar-refractivity contribution is 4.38. The SMILES string of the molecule is [F-].[F-].[NH3+]CCCCCC[NH3+]. The van der Waals surface area contributed by atoms with Gasteiger partial charge >= 0.3 is 0 Å². The maximum atomic E-state index is 3.77. The van der Waals surface area contributed by atoms with Gasteiger partial charge in [0.05, 0.1) is 13.1 Å². The Hall–Kier alpha value is -0.220. The van der Waals surface area contributed by atoms with E-state index in [0.29, 0.717) is 0 Å². The van der Waals surface area contributed by atoms with E-state index in [9.17, 15) is 0 Å². The summed E-state index contributed by atoms with van der Waals surface area (Å²) in [6.07, 6.45) is 5.28. The first-order valence-electron chi connectivity index (χ1n) is 3.50. The number of unbranched alkanes of at least 4 members (excludes halogenated alkanes) is 3. The summed E-state index contributed by atoms with van der Waals surface area (Å²) in [5.41, 5.74) is 7.54. The molecule has 10 heavy (non-hydrogen) atoms. The second kappa shape index (κ2) is 15.9. The Labute approximate surface area is 60.7 Å². The first-order valence-corrected chi connectivity index (χ1v) is 3.50. The van der Waals surface area contributed by atoms with Crippen LogP contribution in [0.5, 0.6) is 0 Å². The Morgan fingerprint density at radius 2 is 0.900 bits per heavy atom. The summed E-state index contributed by atoms with van der Waals surface area (Å²) in [5.74, 6) is 0. The highest BCUT2D eigenvalue weighted by Crippen LogP contribution is 1.94. The van der Waals surface area contributed by atoms with E-state index in [0.717, 1.165) is 13.1 Å². The van der Waals surface area contributed by atoms with E-state index in [1.165, 1.54) is 25.7 Å². The summed E-state index contributed by atoms with van der Waals surface area (Å²) in [5, 5.41) is 0. The molecule has 0 saturated carbocycles. The van der Waals surface area contributed by atoms with Crippen LogP contribution < -0.4 is 20.9 Å². The third-order valence-electron chi connectivity index (χ3n) is 1.25. The molecule has 0 atom stereocenters. The molecule has 2 nitrogen and oxygen atoms in total. The van der Waals surface area contributed by atoms with E-state index in [4.69, 9.17) is 0 Å². The lowest BCUT2D eigenvalue weighted by Crippen LogP contribution is -3.00. The van der Waals surface area contributed by atoms with Crippen molar-refractivity contribution in [3.05, 3.63) is 0 Å². The van der Waals surface area contributed by atoms with Gasteiger partial charge in [0.25, 0.3) is 0 Å². The molecule has 0 heterocycles. The third-order valence-corrected chi connectivity index (χ3v) is 1.25. The fraction of sp³-hybridized carbons (Fsp3) is 1.00. The lowest BCUT2D eigenvalue weighted by atomic mass is 10.2. The standard InChI is InChI=1S/C6H16N2.2FH/c7-5-3-1-2-4-6-8;;/h1-8H2;2*1H. The molecule has 0 aliphatic heterocycles. The monoisotopic (exact) mass is 156 g/mol. The van der Waals surface area contributed by atoms with Crippen LogP contribution in [0.2, 0.25) is 0 Å². The second-order valence-corrected chi connectivity index (χ2v) is 2.12. The van der Waals surface area contributed by atoms with Crippen LogP contribution in [0.3, 0.4) is 0 Å². The number of hydrogen-bond donors (Lipinski definition) is 2. The molecule has 0 saturated heterocycles. The van der Waals surface area contributed by atoms with Gasteiger partial charge in [-0.15, -0.1) is 0 Å². The molecule has 0 aromatic rings. The van der Waals surface area contributed by atoms with Gasteiger partial charge in [0, 0.05) is 0 Å². The van der Waals surface area contributed by atoms with Crippen LogP contribution in [-0.2, 0) is 0 Å². The van der Waals surface area contributed by atoms with Gasteiger partial charge in [0.15, 0.2) is 0 Å². The molecule has 0 fully saturated rings. The van der Waals surface area contributed by atoms with Crippen molar-refractivity contribution in [2.24, 2.45) is 0 Å². The van der Waals surface area contributed by atoms with Crippen molar-refractivity contribution in [1.82, 2.24) is 0 Å². The number of halogens is 2. The fourth-order valence-electron chi connectivity index (χ4n) is 0.707. The van der Waals surface area contributed by atoms with Gasteiger partial charge in [0.1, 0.15) is 0 Å². The summed E-state index contributed by atoms with van der Waals surface area (Å²) in [6, 6.07) is 0. The van der Waals surface area contributed by atoms with Gasteiger partial charge in [-0.25, -0.2) is 0 Å². The predicted octanol–water partition coefficient (Wildman–Crippen LogP) is -6.96. The van der Waals surface area contributed by atoms with E-state index < -0.39 is 0 Å². The molecule has 0 rings (SSSR count). The smallest absolute Gasteiger partial charge is 0.0739 e. The summed E-state index contributed by atoms with van der Waals surface area (Å²) in [6.45, 7) is 2.19. The first kappa shape index (κ1) is 16.4. The normalized spacial score (nSPS) is 7.80. The molecule has 0 radical (unpaired) electrons. The van der Waals surface area contributed by atoms with Gasteiger partial charge in [-0.2, -0.15) is 0 Å². The molecular weight excluding hydrogens is 138 g/mol. The average molecular weight is 156 g/mol. The molecule has 0 aromatic heterocycles. The third kappa shape index (κ3) is 15.7. The zero-order valence-corrected chi connectivity index (χ0v) is 6.41. The fourth-order valence-corrected chi connectivity index (χ4v) is 0.707. The zero-order chi connectivity index (χ0) is 6.24. The van der Waals surface area contributed by atoms with Gasteiger partial charge in [-0.1, -0.05) is 0 Å². The Bertz CT molecular complexity index is 38.7. The molecule has 0 amide bonds. The maximum absolute atomic E-state index is 3.77. The topological polar surface area (TPSA) is 55.3 Å². The van der Waals surface area contributed by atoms with Gasteiger partial charge in [-0.3, -0.25) is 0 Å². The van der Waals surface area contributed by atoms with E-state index in [-0.39, 0.29) is 9.41 Å². The summed E-state index contributed by atoms with van der Waals surface area (Å²) < 4.78 is 0. The Balaban J connectivity index is -0.000000245. The van der Waals surface area contributed by atoms with Crippen molar-refractivity contribution in [3.8, 4) is 0 Å².